The summed E-state index contributed by atoms with van der Waals surface area (Å²) in [5, 5.41) is 15.3. The first-order chi connectivity index (χ1) is 19.8. The Bertz CT molecular complexity index is 1590. The molecule has 1 heterocycles. The van der Waals surface area contributed by atoms with E-state index in [1.165, 1.54) is 0 Å². The lowest BCUT2D eigenvalue weighted by molar-refractivity contribution is -0.113. The number of halogens is 3. The summed E-state index contributed by atoms with van der Waals surface area (Å²) in [6.07, 6.45) is 3.49. The fourth-order valence-electron chi connectivity index (χ4n) is 5.75. The van der Waals surface area contributed by atoms with Gasteiger partial charge in [-0.1, -0.05) is 64.2 Å². The molecule has 6 nitrogen and oxygen atoms in total. The lowest BCUT2D eigenvalue weighted by Gasteiger charge is -2.48. The number of benzene rings is 3. The van der Waals surface area contributed by atoms with Crippen LogP contribution in [0.3, 0.4) is 0 Å². The number of hydrogen-bond donors (Lipinski definition) is 1. The molecule has 212 valence electrons. The smallest absolute Gasteiger partial charge is 0.335 e. The van der Waals surface area contributed by atoms with E-state index in [2.05, 4.69) is 5.16 Å². The molecule has 2 saturated carbocycles. The Labute approximate surface area is 253 Å². The molecule has 0 atom stereocenters. The summed E-state index contributed by atoms with van der Waals surface area (Å²) in [7, 11) is 0. The van der Waals surface area contributed by atoms with Crippen molar-refractivity contribution in [2.45, 2.75) is 56.7 Å². The number of rotatable bonds is 10. The van der Waals surface area contributed by atoms with Gasteiger partial charge in [0.1, 0.15) is 23.8 Å². The zero-order valence-electron chi connectivity index (χ0n) is 22.3. The summed E-state index contributed by atoms with van der Waals surface area (Å²) in [5.41, 5.74) is 3.68. The van der Waals surface area contributed by atoms with Gasteiger partial charge in [-0.15, -0.1) is 0 Å². The van der Waals surface area contributed by atoms with Gasteiger partial charge >= 0.3 is 5.97 Å². The van der Waals surface area contributed by atoms with Crippen LogP contribution in [-0.2, 0) is 16.9 Å². The van der Waals surface area contributed by atoms with Gasteiger partial charge in [-0.25, -0.2) is 4.79 Å². The van der Waals surface area contributed by atoms with Gasteiger partial charge < -0.3 is 19.1 Å². The van der Waals surface area contributed by atoms with Crippen LogP contribution in [0.5, 0.6) is 5.75 Å². The van der Waals surface area contributed by atoms with E-state index in [1.807, 2.05) is 31.2 Å². The van der Waals surface area contributed by atoms with Crippen LogP contribution in [-0.4, -0.2) is 22.8 Å². The molecule has 0 amide bonds. The third-order valence-electron chi connectivity index (χ3n) is 7.96. The molecular formula is C32H28Cl3NO5. The second-order valence-corrected chi connectivity index (χ2v) is 11.9. The highest BCUT2D eigenvalue weighted by Gasteiger charge is 2.48. The number of carboxylic acids is 1. The summed E-state index contributed by atoms with van der Waals surface area (Å²) < 4.78 is 18.3. The average Bonchev–Trinajstić information content (AvgIpc) is 3.69. The molecule has 2 fully saturated rings. The van der Waals surface area contributed by atoms with Crippen LogP contribution in [0.25, 0.3) is 11.3 Å². The Morgan fingerprint density at radius 2 is 1.73 bits per heavy atom. The van der Waals surface area contributed by atoms with Gasteiger partial charge in [0.2, 0.25) is 0 Å². The number of carbonyl (C=O) groups is 1. The molecule has 1 aromatic heterocycles. The van der Waals surface area contributed by atoms with Crippen molar-refractivity contribution in [2.24, 2.45) is 0 Å². The minimum Gasteiger partial charge on any atom is -0.489 e. The average molecular weight is 613 g/mol. The van der Waals surface area contributed by atoms with Crippen LogP contribution in [0.15, 0.2) is 65.2 Å². The highest BCUT2D eigenvalue weighted by Crippen LogP contribution is 2.55. The maximum atomic E-state index is 11.4. The monoisotopic (exact) mass is 611 g/mol. The molecule has 9 heteroatoms. The van der Waals surface area contributed by atoms with Crippen LogP contribution in [0, 0.1) is 0 Å². The minimum absolute atomic E-state index is 0.178. The number of carboxylic acid groups (broad SMARTS) is 1. The standard InChI is InChI=1S/C32H28Cl3NO5/c1-2-40-32(15-21(16-32)19-5-3-6-20(13-19)31(37)38)24-12-11-22(14-27(24)35)39-17-23-29(36-41-30(23)18-9-10-18)28-25(33)7-4-8-26(28)34/h3-8,11-14,18,21H,2,9-10,15-17H2,1H3,(H,37,38). The Kier molecular flexibility index (Phi) is 7.77. The quantitative estimate of drug-likeness (QED) is 0.192. The molecule has 0 saturated heterocycles. The topological polar surface area (TPSA) is 81.8 Å². The predicted molar refractivity (Wildman–Crippen MR) is 158 cm³/mol. The first-order valence-electron chi connectivity index (χ1n) is 13.6. The molecule has 0 radical (unpaired) electrons. The normalized spacial score (nSPS) is 20.0. The molecule has 2 aliphatic carbocycles. The lowest BCUT2D eigenvalue weighted by atomic mass is 9.64. The van der Waals surface area contributed by atoms with E-state index < -0.39 is 11.6 Å². The lowest BCUT2D eigenvalue weighted by Crippen LogP contribution is -2.42. The first kappa shape index (κ1) is 28.1. The Hall–Kier alpha value is -3.03. The van der Waals surface area contributed by atoms with Crippen molar-refractivity contribution in [1.29, 1.82) is 0 Å². The van der Waals surface area contributed by atoms with Crippen LogP contribution >= 0.6 is 34.8 Å². The van der Waals surface area contributed by atoms with Crippen molar-refractivity contribution in [3.63, 3.8) is 0 Å². The number of nitrogens with zero attached hydrogens (tertiary/aromatic N) is 1. The minimum atomic E-state index is -0.932. The number of ether oxygens (including phenoxy) is 2. The summed E-state index contributed by atoms with van der Waals surface area (Å²) >= 11 is 19.8. The second kappa shape index (κ2) is 11.3. The van der Waals surface area contributed by atoms with E-state index in [4.69, 9.17) is 48.8 Å². The third kappa shape index (κ3) is 5.46. The fraction of sp³-hybridized carbons (Fsp3) is 0.312. The molecule has 0 bridgehead atoms. The summed E-state index contributed by atoms with van der Waals surface area (Å²) in [6.45, 7) is 2.71. The van der Waals surface area contributed by atoms with Crippen molar-refractivity contribution < 1.29 is 23.9 Å². The van der Waals surface area contributed by atoms with Gasteiger partial charge in [0.15, 0.2) is 0 Å². The zero-order chi connectivity index (χ0) is 28.7. The van der Waals surface area contributed by atoms with Crippen molar-refractivity contribution in [3.8, 4) is 17.0 Å². The molecule has 2 aliphatic rings. The van der Waals surface area contributed by atoms with E-state index in [0.717, 1.165) is 35.3 Å². The SMILES string of the molecule is CCOC1(c2ccc(OCc3c(-c4c(Cl)cccc4Cl)noc3C3CC3)cc2Cl)CC(c2cccc(C(=O)O)c2)C1. The van der Waals surface area contributed by atoms with E-state index in [-0.39, 0.29) is 18.1 Å². The number of aromatic nitrogens is 1. The molecule has 41 heavy (non-hydrogen) atoms. The van der Waals surface area contributed by atoms with Crippen LogP contribution in [0.2, 0.25) is 15.1 Å². The van der Waals surface area contributed by atoms with E-state index in [0.29, 0.717) is 57.4 Å². The van der Waals surface area contributed by atoms with Crippen LogP contribution in [0.4, 0.5) is 0 Å². The molecular weight excluding hydrogens is 585 g/mol. The first-order valence-corrected chi connectivity index (χ1v) is 14.8. The molecule has 0 unspecified atom stereocenters. The Balaban J connectivity index is 1.22. The Morgan fingerprint density at radius 3 is 2.39 bits per heavy atom. The van der Waals surface area contributed by atoms with E-state index >= 15 is 0 Å². The molecule has 0 spiro atoms. The highest BCUT2D eigenvalue weighted by atomic mass is 35.5. The number of aromatic carboxylic acids is 1. The van der Waals surface area contributed by atoms with Crippen molar-refractivity contribution in [2.75, 3.05) is 6.61 Å². The predicted octanol–water partition coefficient (Wildman–Crippen LogP) is 9.27. The van der Waals surface area contributed by atoms with Crippen molar-refractivity contribution in [1.82, 2.24) is 5.16 Å². The Morgan fingerprint density at radius 1 is 1.00 bits per heavy atom. The third-order valence-corrected chi connectivity index (χ3v) is 8.90. The zero-order valence-corrected chi connectivity index (χ0v) is 24.6. The summed E-state index contributed by atoms with van der Waals surface area (Å²) in [5.74, 6) is 0.975. The molecule has 6 rings (SSSR count). The maximum absolute atomic E-state index is 11.4. The largest absolute Gasteiger partial charge is 0.489 e. The van der Waals surface area contributed by atoms with Gasteiger partial charge in [-0.2, -0.15) is 0 Å². The van der Waals surface area contributed by atoms with E-state index in [9.17, 15) is 9.90 Å². The molecule has 1 N–H and O–H groups in total. The van der Waals surface area contributed by atoms with Gasteiger partial charge in [0.25, 0.3) is 0 Å². The number of hydrogen-bond acceptors (Lipinski definition) is 5. The van der Waals surface area contributed by atoms with Crippen molar-refractivity contribution in [3.05, 3.63) is 104 Å². The highest BCUT2D eigenvalue weighted by molar-refractivity contribution is 6.39. The molecule has 4 aromatic rings. The van der Waals surface area contributed by atoms with Gasteiger partial charge in [-0.05, 0) is 80.5 Å². The second-order valence-electron chi connectivity index (χ2n) is 10.6. The maximum Gasteiger partial charge on any atom is 0.335 e. The van der Waals surface area contributed by atoms with Crippen LogP contribution in [0.1, 0.15) is 77.3 Å². The van der Waals surface area contributed by atoms with Gasteiger partial charge in [0.05, 0.1) is 31.8 Å². The summed E-state index contributed by atoms with van der Waals surface area (Å²) in [4.78, 5) is 11.4. The van der Waals surface area contributed by atoms with Gasteiger partial charge in [-0.3, -0.25) is 0 Å². The van der Waals surface area contributed by atoms with Crippen molar-refractivity contribution >= 4 is 40.8 Å². The fourth-order valence-corrected chi connectivity index (χ4v) is 6.67. The van der Waals surface area contributed by atoms with Crippen LogP contribution < -0.4 is 4.74 Å². The van der Waals surface area contributed by atoms with E-state index in [1.54, 1.807) is 36.4 Å². The molecule has 0 aliphatic heterocycles. The summed E-state index contributed by atoms with van der Waals surface area (Å²) in [6, 6.07) is 18.1. The van der Waals surface area contributed by atoms with Gasteiger partial charge in [0, 0.05) is 23.7 Å². The molecule has 3 aromatic carbocycles.